The summed E-state index contributed by atoms with van der Waals surface area (Å²) in [5.74, 6) is -3.25. The zero-order chi connectivity index (χ0) is 16.4. The number of carboxylic acid groups (broad SMARTS) is 2. The number of carbonyl (C=O) groups is 2. The minimum Gasteiger partial charge on any atom is -0.550 e. The number of aromatic nitrogens is 4. The molecule has 0 aliphatic rings. The van der Waals surface area contributed by atoms with Gasteiger partial charge < -0.3 is 36.2 Å². The van der Waals surface area contributed by atoms with Crippen molar-refractivity contribution in [3.8, 4) is 0 Å². The summed E-state index contributed by atoms with van der Waals surface area (Å²) in [5, 5.41) is 32.0. The van der Waals surface area contributed by atoms with Crippen LogP contribution in [0, 0.1) is 27.7 Å². The van der Waals surface area contributed by atoms with E-state index in [-0.39, 0.29) is 33.5 Å². The third kappa shape index (κ3) is 21.8. The second-order valence-corrected chi connectivity index (χ2v) is 4.31. The molecular weight excluding hydrogens is 388 g/mol. The molecule has 0 amide bonds. The zero-order valence-electron chi connectivity index (χ0n) is 14.2. The van der Waals surface area contributed by atoms with Gasteiger partial charge in [0.1, 0.15) is 0 Å². The number of carbonyl (C=O) groups excluding carboxylic acids is 2. The molecule has 2 heterocycles. The zero-order valence-corrected chi connectivity index (χ0v) is 15.1. The first-order valence-corrected chi connectivity index (χ1v) is 6.07. The molecular formula is C13H24CuN4O7. The molecule has 1 radical (unpaired) electrons. The van der Waals surface area contributed by atoms with Crippen molar-refractivity contribution in [1.29, 1.82) is 0 Å². The van der Waals surface area contributed by atoms with Crippen LogP contribution in [0.15, 0.2) is 12.1 Å². The van der Waals surface area contributed by atoms with Crippen LogP contribution in [0.1, 0.15) is 29.2 Å². The van der Waals surface area contributed by atoms with E-state index in [2.05, 4.69) is 20.4 Å². The number of hydrogen-bond donors (Lipinski definition) is 2. The Morgan fingerprint density at radius 1 is 0.840 bits per heavy atom. The van der Waals surface area contributed by atoms with Crippen LogP contribution in [0.3, 0.4) is 0 Å². The predicted molar refractivity (Wildman–Crippen MR) is 81.6 cm³/mol. The number of nitrogens with zero attached hydrogens (tertiary/aromatic N) is 2. The number of aryl methyl sites for hydroxylation is 4. The SMILES string of the molecule is Cc1cc(C)[nH]n1.Cc1cc(C)[nH]n1.O.O.O.O=C([O-])CC(=O)[O-].[Cu+2]. The van der Waals surface area contributed by atoms with Crippen LogP contribution >= 0.6 is 0 Å². The summed E-state index contributed by atoms with van der Waals surface area (Å²) in [7, 11) is 0. The number of rotatable bonds is 2. The minimum atomic E-state index is -1.63. The summed E-state index contributed by atoms with van der Waals surface area (Å²) in [6.45, 7) is 7.90. The predicted octanol–water partition coefficient (Wildman–Crippen LogP) is -3.55. The Morgan fingerprint density at radius 2 is 1.12 bits per heavy atom. The quantitative estimate of drug-likeness (QED) is 0.374. The van der Waals surface area contributed by atoms with Crippen LogP contribution in [0.4, 0.5) is 0 Å². The average molecular weight is 412 g/mol. The summed E-state index contributed by atoms with van der Waals surface area (Å²) in [4.78, 5) is 18.6. The summed E-state index contributed by atoms with van der Waals surface area (Å²) >= 11 is 0. The Kier molecular flexibility index (Phi) is 24.7. The van der Waals surface area contributed by atoms with E-state index in [0.29, 0.717) is 0 Å². The maximum absolute atomic E-state index is 9.28. The summed E-state index contributed by atoms with van der Waals surface area (Å²) in [6, 6.07) is 4.00. The Morgan fingerprint density at radius 3 is 1.16 bits per heavy atom. The number of nitrogens with one attached hydrogen (secondary N) is 2. The van der Waals surface area contributed by atoms with E-state index in [1.807, 2.05) is 39.8 Å². The van der Waals surface area contributed by atoms with E-state index >= 15 is 0 Å². The number of aromatic amines is 2. The number of hydrogen-bond acceptors (Lipinski definition) is 6. The van der Waals surface area contributed by atoms with Crippen molar-refractivity contribution < 1.29 is 53.3 Å². The van der Waals surface area contributed by atoms with Crippen LogP contribution in [0.2, 0.25) is 0 Å². The molecule has 2 aromatic heterocycles. The second-order valence-electron chi connectivity index (χ2n) is 4.31. The second kappa shape index (κ2) is 18.1. The molecule has 0 aromatic carbocycles. The Labute approximate surface area is 155 Å². The van der Waals surface area contributed by atoms with Crippen molar-refractivity contribution in [2.75, 3.05) is 0 Å². The Balaban J connectivity index is -0.0000000741. The van der Waals surface area contributed by atoms with Gasteiger partial charge in [0, 0.05) is 29.7 Å². The fourth-order valence-electron chi connectivity index (χ4n) is 1.23. The summed E-state index contributed by atoms with van der Waals surface area (Å²) in [6.07, 6.45) is -1.03. The van der Waals surface area contributed by atoms with Gasteiger partial charge in [-0.15, -0.1) is 0 Å². The molecule has 11 nitrogen and oxygen atoms in total. The number of aliphatic carboxylic acids is 2. The van der Waals surface area contributed by atoms with Crippen LogP contribution in [-0.2, 0) is 26.7 Å². The molecule has 149 valence electrons. The fourth-order valence-corrected chi connectivity index (χ4v) is 1.23. The topological polar surface area (TPSA) is 232 Å². The van der Waals surface area contributed by atoms with Crippen molar-refractivity contribution in [3.05, 3.63) is 34.9 Å². The molecule has 0 aliphatic carbocycles. The molecule has 0 saturated heterocycles. The van der Waals surface area contributed by atoms with Crippen LogP contribution in [-0.4, -0.2) is 48.8 Å². The molecule has 25 heavy (non-hydrogen) atoms. The van der Waals surface area contributed by atoms with Gasteiger partial charge in [-0.3, -0.25) is 10.2 Å². The molecule has 12 heteroatoms. The van der Waals surface area contributed by atoms with Crippen LogP contribution in [0.25, 0.3) is 0 Å². The van der Waals surface area contributed by atoms with Gasteiger partial charge in [0.05, 0.1) is 11.4 Å². The standard InChI is InChI=1S/2C5H8N2.C3H4O4.Cu.3H2O/c2*1-4-3-5(2)7-6-4;4-2(5)1-3(6)7;;;;/h2*3H,1-2H3,(H,6,7);1H2,(H,4,5)(H,6,7);;3*1H2/q;;;+2;;;/p-2. The third-order valence-corrected chi connectivity index (χ3v) is 1.96. The molecule has 0 unspecified atom stereocenters. The molecule has 2 aromatic rings. The summed E-state index contributed by atoms with van der Waals surface area (Å²) in [5.41, 5.74) is 4.35. The van der Waals surface area contributed by atoms with E-state index < -0.39 is 18.4 Å². The minimum absolute atomic E-state index is 0. The van der Waals surface area contributed by atoms with Gasteiger partial charge in [-0.2, -0.15) is 10.2 Å². The molecule has 0 spiro atoms. The van der Waals surface area contributed by atoms with Gasteiger partial charge in [-0.25, -0.2) is 0 Å². The van der Waals surface area contributed by atoms with Crippen molar-refractivity contribution >= 4 is 11.9 Å². The maximum Gasteiger partial charge on any atom is 2.00 e. The van der Waals surface area contributed by atoms with Gasteiger partial charge in [0.25, 0.3) is 0 Å². The fraction of sp³-hybridized carbons (Fsp3) is 0.385. The normalized spacial score (nSPS) is 7.52. The van der Waals surface area contributed by atoms with E-state index in [1.54, 1.807) is 0 Å². The molecule has 0 saturated carbocycles. The molecule has 0 atom stereocenters. The molecule has 0 bridgehead atoms. The van der Waals surface area contributed by atoms with E-state index in [4.69, 9.17) is 0 Å². The summed E-state index contributed by atoms with van der Waals surface area (Å²) < 4.78 is 0. The number of H-pyrrole nitrogens is 2. The number of carboxylic acids is 2. The van der Waals surface area contributed by atoms with Gasteiger partial charge in [0.15, 0.2) is 0 Å². The van der Waals surface area contributed by atoms with Crippen molar-refractivity contribution in [2.24, 2.45) is 0 Å². The van der Waals surface area contributed by atoms with Gasteiger partial charge >= 0.3 is 17.1 Å². The Bertz CT molecular complexity index is 503. The largest absolute Gasteiger partial charge is 2.00 e. The van der Waals surface area contributed by atoms with Gasteiger partial charge in [-0.05, 0) is 39.8 Å². The molecule has 0 aliphatic heterocycles. The van der Waals surface area contributed by atoms with Crippen LogP contribution in [0.5, 0.6) is 0 Å². The van der Waals surface area contributed by atoms with Crippen molar-refractivity contribution in [3.63, 3.8) is 0 Å². The van der Waals surface area contributed by atoms with E-state index in [0.717, 1.165) is 22.8 Å². The molecule has 0 fully saturated rings. The monoisotopic (exact) mass is 411 g/mol. The van der Waals surface area contributed by atoms with Crippen LogP contribution < -0.4 is 10.2 Å². The van der Waals surface area contributed by atoms with Crippen molar-refractivity contribution in [1.82, 2.24) is 20.4 Å². The Hall–Kier alpha value is -2.24. The molecule has 8 N–H and O–H groups in total. The molecule has 2 rings (SSSR count). The van der Waals surface area contributed by atoms with Gasteiger partial charge in [0.2, 0.25) is 0 Å². The first-order valence-electron chi connectivity index (χ1n) is 6.07. The average Bonchev–Trinajstić information content (AvgIpc) is 2.87. The van der Waals surface area contributed by atoms with Crippen molar-refractivity contribution in [2.45, 2.75) is 34.1 Å². The van der Waals surface area contributed by atoms with E-state index in [9.17, 15) is 19.8 Å². The first-order chi connectivity index (χ1) is 9.70. The smallest absolute Gasteiger partial charge is 0.550 e. The van der Waals surface area contributed by atoms with E-state index in [1.165, 1.54) is 0 Å². The maximum atomic E-state index is 9.28. The third-order valence-electron chi connectivity index (χ3n) is 1.96. The van der Waals surface area contributed by atoms with Gasteiger partial charge in [-0.1, -0.05) is 0 Å². The first kappa shape index (κ1) is 34.2.